The van der Waals surface area contributed by atoms with Crippen LogP contribution in [0.15, 0.2) is 29.4 Å². The average molecular weight is 271 g/mol. The molecule has 0 atom stereocenters. The van der Waals surface area contributed by atoms with Crippen LogP contribution in [-0.4, -0.2) is 28.7 Å². The SMILES string of the molecule is NC(=NCCc1ccc2cn[nH]c2c1)NC1CCCC1. The van der Waals surface area contributed by atoms with Crippen molar-refractivity contribution in [3.8, 4) is 0 Å². The largest absolute Gasteiger partial charge is 0.370 e. The zero-order valence-electron chi connectivity index (χ0n) is 11.6. The summed E-state index contributed by atoms with van der Waals surface area (Å²) in [4.78, 5) is 4.41. The van der Waals surface area contributed by atoms with Crippen LogP contribution in [0.1, 0.15) is 31.2 Å². The van der Waals surface area contributed by atoms with Gasteiger partial charge in [-0.2, -0.15) is 5.10 Å². The van der Waals surface area contributed by atoms with E-state index in [0.29, 0.717) is 18.5 Å². The summed E-state index contributed by atoms with van der Waals surface area (Å²) < 4.78 is 0. The first-order chi connectivity index (χ1) is 9.81. The third kappa shape index (κ3) is 3.10. The molecule has 1 aromatic heterocycles. The fraction of sp³-hybridized carbons (Fsp3) is 0.467. The fourth-order valence-corrected chi connectivity index (χ4v) is 2.77. The number of guanidine groups is 1. The van der Waals surface area contributed by atoms with E-state index in [1.54, 1.807) is 0 Å². The monoisotopic (exact) mass is 271 g/mol. The molecule has 5 nitrogen and oxygen atoms in total. The molecule has 1 heterocycles. The van der Waals surface area contributed by atoms with Crippen LogP contribution in [0.25, 0.3) is 10.9 Å². The van der Waals surface area contributed by atoms with E-state index in [4.69, 9.17) is 5.73 Å². The quantitative estimate of drug-likeness (QED) is 0.587. The highest BCUT2D eigenvalue weighted by atomic mass is 15.1. The minimum atomic E-state index is 0.528. The highest BCUT2D eigenvalue weighted by Gasteiger charge is 2.14. The molecule has 0 unspecified atom stereocenters. The summed E-state index contributed by atoms with van der Waals surface area (Å²) in [7, 11) is 0. The zero-order valence-corrected chi connectivity index (χ0v) is 11.6. The normalized spacial score (nSPS) is 16.9. The predicted octanol–water partition coefficient (Wildman–Crippen LogP) is 1.95. The number of hydrogen-bond acceptors (Lipinski definition) is 2. The minimum Gasteiger partial charge on any atom is -0.370 e. The number of nitrogens with one attached hydrogen (secondary N) is 2. The number of aromatic amines is 1. The van der Waals surface area contributed by atoms with Gasteiger partial charge < -0.3 is 11.1 Å². The summed E-state index contributed by atoms with van der Waals surface area (Å²) in [5, 5.41) is 11.5. The van der Waals surface area contributed by atoms with Gasteiger partial charge in [0, 0.05) is 18.0 Å². The molecule has 0 spiro atoms. The van der Waals surface area contributed by atoms with Crippen LogP contribution < -0.4 is 11.1 Å². The molecule has 0 amide bonds. The molecule has 1 aliphatic rings. The van der Waals surface area contributed by atoms with E-state index in [2.05, 4.69) is 38.7 Å². The van der Waals surface area contributed by atoms with Gasteiger partial charge in [-0.1, -0.05) is 25.0 Å². The molecule has 2 aromatic rings. The lowest BCUT2D eigenvalue weighted by atomic mass is 10.1. The number of rotatable bonds is 4. The molecule has 1 aliphatic carbocycles. The Morgan fingerprint density at radius 1 is 1.40 bits per heavy atom. The summed E-state index contributed by atoms with van der Waals surface area (Å²) in [5.74, 6) is 0.583. The van der Waals surface area contributed by atoms with E-state index in [-0.39, 0.29) is 0 Å². The number of aromatic nitrogens is 2. The van der Waals surface area contributed by atoms with Gasteiger partial charge in [0.15, 0.2) is 5.96 Å². The van der Waals surface area contributed by atoms with Crippen LogP contribution in [-0.2, 0) is 6.42 Å². The van der Waals surface area contributed by atoms with Crippen molar-refractivity contribution in [1.82, 2.24) is 15.5 Å². The van der Waals surface area contributed by atoms with E-state index >= 15 is 0 Å². The maximum absolute atomic E-state index is 5.91. The first kappa shape index (κ1) is 13.0. The summed E-state index contributed by atoms with van der Waals surface area (Å²) in [6, 6.07) is 6.85. The first-order valence-corrected chi connectivity index (χ1v) is 7.30. The van der Waals surface area contributed by atoms with Crippen molar-refractivity contribution in [1.29, 1.82) is 0 Å². The highest BCUT2D eigenvalue weighted by Crippen LogP contribution is 2.17. The molecule has 1 fully saturated rings. The Balaban J connectivity index is 1.52. The van der Waals surface area contributed by atoms with Gasteiger partial charge in [-0.05, 0) is 30.9 Å². The number of nitrogens with zero attached hydrogens (tertiary/aromatic N) is 2. The lowest BCUT2D eigenvalue weighted by molar-refractivity contribution is 0.625. The number of fused-ring (bicyclic) bond motifs is 1. The Bertz CT molecular complexity index is 595. The van der Waals surface area contributed by atoms with Crippen molar-refractivity contribution in [2.24, 2.45) is 10.7 Å². The van der Waals surface area contributed by atoms with Crippen molar-refractivity contribution < 1.29 is 0 Å². The Morgan fingerprint density at radius 3 is 3.10 bits per heavy atom. The van der Waals surface area contributed by atoms with Gasteiger partial charge in [0.2, 0.25) is 0 Å². The second-order valence-electron chi connectivity index (χ2n) is 5.43. The van der Waals surface area contributed by atoms with Gasteiger partial charge in [0.05, 0.1) is 11.7 Å². The van der Waals surface area contributed by atoms with Gasteiger partial charge in [-0.15, -0.1) is 0 Å². The molecule has 0 aliphatic heterocycles. The molecule has 1 aromatic carbocycles. The van der Waals surface area contributed by atoms with Crippen molar-refractivity contribution in [2.45, 2.75) is 38.1 Å². The molecule has 20 heavy (non-hydrogen) atoms. The van der Waals surface area contributed by atoms with Gasteiger partial charge in [-0.3, -0.25) is 10.1 Å². The van der Waals surface area contributed by atoms with Crippen LogP contribution in [0.4, 0.5) is 0 Å². The number of hydrogen-bond donors (Lipinski definition) is 3. The average Bonchev–Trinajstić information content (AvgIpc) is 3.09. The van der Waals surface area contributed by atoms with Crippen LogP contribution in [0, 0.1) is 0 Å². The zero-order chi connectivity index (χ0) is 13.8. The highest BCUT2D eigenvalue weighted by molar-refractivity contribution is 5.79. The number of H-pyrrole nitrogens is 1. The molecular formula is C15H21N5. The smallest absolute Gasteiger partial charge is 0.188 e. The van der Waals surface area contributed by atoms with E-state index in [9.17, 15) is 0 Å². The molecule has 4 N–H and O–H groups in total. The van der Waals surface area contributed by atoms with E-state index < -0.39 is 0 Å². The van der Waals surface area contributed by atoms with Crippen LogP contribution in [0.3, 0.4) is 0 Å². The molecule has 106 valence electrons. The third-order valence-electron chi connectivity index (χ3n) is 3.90. The lowest BCUT2D eigenvalue weighted by Gasteiger charge is -2.12. The van der Waals surface area contributed by atoms with Gasteiger partial charge in [0.1, 0.15) is 0 Å². The Kier molecular flexibility index (Phi) is 3.85. The van der Waals surface area contributed by atoms with E-state index in [0.717, 1.165) is 17.3 Å². The van der Waals surface area contributed by atoms with Gasteiger partial charge >= 0.3 is 0 Å². The first-order valence-electron chi connectivity index (χ1n) is 7.30. The Morgan fingerprint density at radius 2 is 2.25 bits per heavy atom. The molecule has 3 rings (SSSR count). The molecule has 1 saturated carbocycles. The van der Waals surface area contributed by atoms with Crippen molar-refractivity contribution in [3.05, 3.63) is 30.0 Å². The Hall–Kier alpha value is -2.04. The Labute approximate surface area is 118 Å². The van der Waals surface area contributed by atoms with Crippen LogP contribution >= 0.6 is 0 Å². The van der Waals surface area contributed by atoms with Crippen molar-refractivity contribution >= 4 is 16.9 Å². The molecule has 0 saturated heterocycles. The molecule has 0 radical (unpaired) electrons. The maximum atomic E-state index is 5.91. The van der Waals surface area contributed by atoms with E-state index in [1.807, 2.05) is 6.20 Å². The molecule has 5 heteroatoms. The predicted molar refractivity (Wildman–Crippen MR) is 81.7 cm³/mol. The van der Waals surface area contributed by atoms with Crippen molar-refractivity contribution in [2.75, 3.05) is 6.54 Å². The standard InChI is InChI=1S/C15H21N5/c16-15(19-13-3-1-2-4-13)17-8-7-11-5-6-12-10-18-20-14(12)9-11/h5-6,9-10,13H,1-4,7-8H2,(H,18,20)(H3,16,17,19). The van der Waals surface area contributed by atoms with Crippen LogP contribution in [0.5, 0.6) is 0 Å². The minimum absolute atomic E-state index is 0.528. The summed E-state index contributed by atoms with van der Waals surface area (Å²) in [6.07, 6.45) is 7.76. The topological polar surface area (TPSA) is 79.1 Å². The van der Waals surface area contributed by atoms with Gasteiger partial charge in [-0.25, -0.2) is 0 Å². The van der Waals surface area contributed by atoms with Gasteiger partial charge in [0.25, 0.3) is 0 Å². The van der Waals surface area contributed by atoms with E-state index in [1.165, 1.54) is 31.2 Å². The third-order valence-corrected chi connectivity index (χ3v) is 3.90. The number of benzene rings is 1. The van der Waals surface area contributed by atoms with Crippen LogP contribution in [0.2, 0.25) is 0 Å². The number of nitrogens with two attached hydrogens (primary N) is 1. The number of aliphatic imine (C=N–C) groups is 1. The molecular weight excluding hydrogens is 250 g/mol. The van der Waals surface area contributed by atoms with Crippen molar-refractivity contribution in [3.63, 3.8) is 0 Å². The summed E-state index contributed by atoms with van der Waals surface area (Å²) in [5.41, 5.74) is 8.24. The molecule has 0 bridgehead atoms. The summed E-state index contributed by atoms with van der Waals surface area (Å²) in [6.45, 7) is 0.713. The maximum Gasteiger partial charge on any atom is 0.188 e. The lowest BCUT2D eigenvalue weighted by Crippen LogP contribution is -2.38. The fourth-order valence-electron chi connectivity index (χ4n) is 2.77. The summed E-state index contributed by atoms with van der Waals surface area (Å²) >= 11 is 0. The second kappa shape index (κ2) is 5.94. The second-order valence-corrected chi connectivity index (χ2v) is 5.43.